The monoisotopic (exact) mass is 457 g/mol. The van der Waals surface area contributed by atoms with Crippen LogP contribution in [0.2, 0.25) is 0 Å². The van der Waals surface area contributed by atoms with E-state index < -0.39 is 17.5 Å². The summed E-state index contributed by atoms with van der Waals surface area (Å²) in [7, 11) is 0. The molecule has 1 aliphatic rings. The molecule has 0 radical (unpaired) electrons. The van der Waals surface area contributed by atoms with E-state index >= 15 is 0 Å². The van der Waals surface area contributed by atoms with Gasteiger partial charge in [-0.3, -0.25) is 9.59 Å². The minimum absolute atomic E-state index is 0.130. The van der Waals surface area contributed by atoms with Crippen molar-refractivity contribution in [3.05, 3.63) is 106 Å². The van der Waals surface area contributed by atoms with Crippen LogP contribution in [0.25, 0.3) is 11.3 Å². The number of aryl methyl sites for hydroxylation is 1. The zero-order chi connectivity index (χ0) is 23.7. The van der Waals surface area contributed by atoms with Crippen LogP contribution in [-0.2, 0) is 12.8 Å². The second-order valence-electron chi connectivity index (χ2n) is 8.31. The number of amides is 1. The molecule has 1 amide bonds. The van der Waals surface area contributed by atoms with Gasteiger partial charge in [-0.2, -0.15) is 0 Å². The number of H-pyrrole nitrogens is 1. The lowest BCUT2D eigenvalue weighted by atomic mass is 9.90. The van der Waals surface area contributed by atoms with Gasteiger partial charge in [0.2, 0.25) is 0 Å². The van der Waals surface area contributed by atoms with E-state index in [2.05, 4.69) is 15.3 Å². The lowest BCUT2D eigenvalue weighted by Crippen LogP contribution is -2.13. The lowest BCUT2D eigenvalue weighted by molar-refractivity contribution is 0.0970. The van der Waals surface area contributed by atoms with E-state index in [-0.39, 0.29) is 17.2 Å². The van der Waals surface area contributed by atoms with E-state index in [0.717, 1.165) is 58.6 Å². The first-order valence-corrected chi connectivity index (χ1v) is 11.0. The molecule has 0 spiro atoms. The van der Waals surface area contributed by atoms with E-state index in [9.17, 15) is 18.4 Å². The number of nitrogens with zero attached hydrogens (tertiary/aromatic N) is 1. The number of Topliss-reactive ketones (excluding diaryl/α,β-unsaturated/α-hetero) is 1. The number of hydrogen-bond acceptors (Lipinski definition) is 3. The maximum atomic E-state index is 13.5. The van der Waals surface area contributed by atoms with Crippen molar-refractivity contribution < 1.29 is 18.4 Å². The highest BCUT2D eigenvalue weighted by atomic mass is 19.1. The number of hydrogen-bond donors (Lipinski definition) is 2. The highest BCUT2D eigenvalue weighted by Gasteiger charge is 2.26. The van der Waals surface area contributed by atoms with Crippen LogP contribution in [0.1, 0.15) is 50.4 Å². The number of anilines is 1. The molecule has 2 N–H and O–H groups in total. The van der Waals surface area contributed by atoms with Gasteiger partial charge in [-0.05, 0) is 48.2 Å². The highest BCUT2D eigenvalue weighted by Crippen LogP contribution is 2.35. The molecule has 7 heteroatoms. The van der Waals surface area contributed by atoms with Crippen molar-refractivity contribution in [2.45, 2.75) is 25.7 Å². The maximum absolute atomic E-state index is 13.5. The van der Waals surface area contributed by atoms with Crippen LogP contribution in [0, 0.1) is 11.6 Å². The normalized spacial score (nSPS) is 12.9. The standard InChI is InChI=1S/C27H21F2N3O2/c28-19-12-18(13-20(29)15-19)27(34)32-24-14-17(9-10-30-24)26-21(11-16-5-2-1-3-6-16)25-22(31-26)7-4-8-23(25)33/h1-3,5-6,9-10,12-15,31H,4,7-8,11H2,(H,30,32,34). The van der Waals surface area contributed by atoms with Crippen LogP contribution in [-0.4, -0.2) is 21.7 Å². The zero-order valence-electron chi connectivity index (χ0n) is 18.2. The van der Waals surface area contributed by atoms with Crippen LogP contribution in [0.3, 0.4) is 0 Å². The summed E-state index contributed by atoms with van der Waals surface area (Å²) in [6.07, 6.45) is 4.25. The molecule has 1 aliphatic carbocycles. The van der Waals surface area contributed by atoms with Gasteiger partial charge >= 0.3 is 0 Å². The third-order valence-electron chi connectivity index (χ3n) is 5.93. The first-order chi connectivity index (χ1) is 16.5. The third-order valence-corrected chi connectivity index (χ3v) is 5.93. The van der Waals surface area contributed by atoms with Gasteiger partial charge in [-0.15, -0.1) is 0 Å². The second-order valence-corrected chi connectivity index (χ2v) is 8.31. The van der Waals surface area contributed by atoms with E-state index in [1.54, 1.807) is 18.3 Å². The summed E-state index contributed by atoms with van der Waals surface area (Å²) in [6, 6.07) is 16.0. The average molecular weight is 457 g/mol. The number of benzene rings is 2. The van der Waals surface area contributed by atoms with Gasteiger partial charge < -0.3 is 10.3 Å². The third kappa shape index (κ3) is 4.37. The zero-order valence-corrected chi connectivity index (χ0v) is 18.2. The van der Waals surface area contributed by atoms with Gasteiger partial charge in [0.05, 0.1) is 5.69 Å². The van der Waals surface area contributed by atoms with Crippen molar-refractivity contribution in [1.82, 2.24) is 9.97 Å². The summed E-state index contributed by atoms with van der Waals surface area (Å²) in [4.78, 5) is 33.0. The Morgan fingerprint density at radius 3 is 2.53 bits per heavy atom. The van der Waals surface area contributed by atoms with Gasteiger partial charge in [0.25, 0.3) is 5.91 Å². The van der Waals surface area contributed by atoms with Gasteiger partial charge in [-0.1, -0.05) is 30.3 Å². The summed E-state index contributed by atoms with van der Waals surface area (Å²) in [6.45, 7) is 0. The van der Waals surface area contributed by atoms with E-state index in [1.165, 1.54) is 0 Å². The number of aromatic nitrogens is 2. The Balaban J connectivity index is 1.51. The molecule has 0 aliphatic heterocycles. The molecule has 5 nitrogen and oxygen atoms in total. The summed E-state index contributed by atoms with van der Waals surface area (Å²) >= 11 is 0. The van der Waals surface area contributed by atoms with Crippen molar-refractivity contribution >= 4 is 17.5 Å². The molecule has 0 bridgehead atoms. The van der Waals surface area contributed by atoms with E-state index in [1.807, 2.05) is 30.3 Å². The van der Waals surface area contributed by atoms with Crippen LogP contribution >= 0.6 is 0 Å². The fraction of sp³-hybridized carbons (Fsp3) is 0.148. The van der Waals surface area contributed by atoms with Crippen molar-refractivity contribution in [2.75, 3.05) is 5.32 Å². The molecule has 4 aromatic rings. The van der Waals surface area contributed by atoms with Gasteiger partial charge in [0, 0.05) is 47.5 Å². The maximum Gasteiger partial charge on any atom is 0.257 e. The molecule has 2 aromatic carbocycles. The van der Waals surface area contributed by atoms with Crippen molar-refractivity contribution in [3.8, 4) is 11.3 Å². The Bertz CT molecular complexity index is 1380. The average Bonchev–Trinajstić information content (AvgIpc) is 3.19. The Morgan fingerprint density at radius 1 is 1.00 bits per heavy atom. The van der Waals surface area contributed by atoms with Crippen LogP contribution < -0.4 is 5.32 Å². The Hall–Kier alpha value is -4.13. The number of nitrogens with one attached hydrogen (secondary N) is 2. The fourth-order valence-corrected chi connectivity index (χ4v) is 4.42. The number of halogens is 2. The fourth-order valence-electron chi connectivity index (χ4n) is 4.42. The quantitative estimate of drug-likeness (QED) is 0.403. The second kappa shape index (κ2) is 9.02. The van der Waals surface area contributed by atoms with Crippen LogP contribution in [0.15, 0.2) is 66.9 Å². The number of fused-ring (bicyclic) bond motifs is 1. The van der Waals surface area contributed by atoms with E-state index in [0.29, 0.717) is 18.9 Å². The summed E-state index contributed by atoms with van der Waals surface area (Å²) in [5.41, 5.74) is 5.09. The summed E-state index contributed by atoms with van der Waals surface area (Å²) in [5.74, 6) is -1.98. The largest absolute Gasteiger partial charge is 0.358 e. The molecule has 2 aromatic heterocycles. The first kappa shape index (κ1) is 21.7. The molecule has 34 heavy (non-hydrogen) atoms. The lowest BCUT2D eigenvalue weighted by Gasteiger charge is -2.12. The summed E-state index contributed by atoms with van der Waals surface area (Å²) < 4.78 is 27.0. The van der Waals surface area contributed by atoms with Gasteiger partial charge in [0.15, 0.2) is 5.78 Å². The highest BCUT2D eigenvalue weighted by molar-refractivity contribution is 6.04. The molecule has 0 atom stereocenters. The van der Waals surface area contributed by atoms with Gasteiger partial charge in [-0.25, -0.2) is 13.8 Å². The first-order valence-electron chi connectivity index (χ1n) is 11.0. The summed E-state index contributed by atoms with van der Waals surface area (Å²) in [5, 5.41) is 2.60. The van der Waals surface area contributed by atoms with Crippen molar-refractivity contribution in [2.24, 2.45) is 0 Å². The van der Waals surface area contributed by atoms with Crippen molar-refractivity contribution in [3.63, 3.8) is 0 Å². The molecule has 0 saturated carbocycles. The molecule has 170 valence electrons. The minimum Gasteiger partial charge on any atom is -0.358 e. The topological polar surface area (TPSA) is 74.8 Å². The molecule has 0 fully saturated rings. The Kier molecular flexibility index (Phi) is 5.76. The predicted octanol–water partition coefficient (Wildman–Crippen LogP) is 5.72. The van der Waals surface area contributed by atoms with Gasteiger partial charge in [0.1, 0.15) is 17.5 Å². The number of pyridine rings is 1. The number of rotatable bonds is 5. The molecular formula is C27H21F2N3O2. The smallest absolute Gasteiger partial charge is 0.257 e. The Labute approximate surface area is 194 Å². The van der Waals surface area contributed by atoms with E-state index in [4.69, 9.17) is 0 Å². The van der Waals surface area contributed by atoms with Crippen LogP contribution in [0.5, 0.6) is 0 Å². The van der Waals surface area contributed by atoms with Crippen molar-refractivity contribution in [1.29, 1.82) is 0 Å². The molecular weight excluding hydrogens is 436 g/mol. The van der Waals surface area contributed by atoms with Crippen LogP contribution in [0.4, 0.5) is 14.6 Å². The Morgan fingerprint density at radius 2 is 1.76 bits per heavy atom. The minimum atomic E-state index is -0.834. The predicted molar refractivity (Wildman–Crippen MR) is 125 cm³/mol. The molecule has 0 unspecified atom stereocenters. The number of carbonyl (C=O) groups excluding carboxylic acids is 2. The number of aromatic amines is 1. The number of carbonyl (C=O) groups is 2. The SMILES string of the molecule is O=C(Nc1cc(-c2[nH]c3c(c2Cc2ccccc2)C(=O)CCC3)ccn1)c1cc(F)cc(F)c1. The molecule has 0 saturated heterocycles. The number of ketones is 1. The molecule has 5 rings (SSSR count). The molecule has 2 heterocycles.